The predicted molar refractivity (Wildman–Crippen MR) is 68.9 cm³/mol. The molecule has 1 aromatic heterocycles. The topological polar surface area (TPSA) is 59.2 Å². The van der Waals surface area contributed by atoms with Crippen molar-refractivity contribution in [2.24, 2.45) is 0 Å². The zero-order valence-corrected chi connectivity index (χ0v) is 10.6. The van der Waals surface area contributed by atoms with Gasteiger partial charge >= 0.3 is 5.97 Å². The summed E-state index contributed by atoms with van der Waals surface area (Å²) in [5, 5.41) is 0.703. The first-order valence-electron chi connectivity index (χ1n) is 5.71. The number of fused-ring (bicyclic) bond motifs is 1. The number of ether oxygens (including phenoxy) is 1. The molecular weight excluding hydrogens is 230 g/mol. The van der Waals surface area contributed by atoms with Crippen LogP contribution in [0.4, 0.5) is 0 Å². The second-order valence-corrected chi connectivity index (χ2v) is 5.08. The van der Waals surface area contributed by atoms with Gasteiger partial charge in [-0.3, -0.25) is 4.79 Å². The first-order chi connectivity index (χ1) is 8.42. The van der Waals surface area contributed by atoms with Gasteiger partial charge in [0.25, 0.3) is 0 Å². The Morgan fingerprint density at radius 3 is 2.56 bits per heavy atom. The molecule has 2 aromatic rings. The van der Waals surface area contributed by atoms with Gasteiger partial charge in [-0.2, -0.15) is 0 Å². The molecule has 2 rings (SSSR count). The van der Waals surface area contributed by atoms with Crippen molar-refractivity contribution in [1.29, 1.82) is 0 Å². The molecule has 0 amide bonds. The molecule has 0 radical (unpaired) electrons. The zero-order chi connectivity index (χ0) is 13.3. The molecule has 4 heteroatoms. The van der Waals surface area contributed by atoms with Crippen LogP contribution in [0.3, 0.4) is 0 Å². The number of aromatic nitrogens is 1. The van der Waals surface area contributed by atoms with Crippen LogP contribution in [0.5, 0.6) is 0 Å². The van der Waals surface area contributed by atoms with Gasteiger partial charge in [0, 0.05) is 10.9 Å². The number of carbonyl (C=O) groups excluding carboxylic acids is 2. The molecule has 0 fully saturated rings. The molecule has 0 aliphatic carbocycles. The molecule has 0 bridgehead atoms. The quantitative estimate of drug-likeness (QED) is 0.653. The van der Waals surface area contributed by atoms with Crippen molar-refractivity contribution < 1.29 is 14.3 Å². The third-order valence-electron chi connectivity index (χ3n) is 2.46. The van der Waals surface area contributed by atoms with Crippen LogP contribution in [0.2, 0.25) is 0 Å². The van der Waals surface area contributed by atoms with Crippen molar-refractivity contribution in [3.63, 3.8) is 0 Å². The summed E-state index contributed by atoms with van der Waals surface area (Å²) in [5.74, 6) is -0.484. The smallest absolute Gasteiger partial charge is 0.341 e. The van der Waals surface area contributed by atoms with Crippen LogP contribution in [-0.2, 0) is 4.74 Å². The van der Waals surface area contributed by atoms with Gasteiger partial charge in [0.15, 0.2) is 6.29 Å². The first kappa shape index (κ1) is 12.4. The van der Waals surface area contributed by atoms with Crippen molar-refractivity contribution in [1.82, 2.24) is 4.98 Å². The van der Waals surface area contributed by atoms with E-state index in [2.05, 4.69) is 4.98 Å². The Kier molecular flexibility index (Phi) is 2.95. The maximum absolute atomic E-state index is 12.1. The Labute approximate surface area is 105 Å². The van der Waals surface area contributed by atoms with Crippen molar-refractivity contribution >= 4 is 23.2 Å². The molecule has 18 heavy (non-hydrogen) atoms. The molecule has 0 saturated heterocycles. The van der Waals surface area contributed by atoms with E-state index in [-0.39, 0.29) is 5.69 Å². The minimum atomic E-state index is -0.588. The summed E-state index contributed by atoms with van der Waals surface area (Å²) in [5.41, 5.74) is 0.719. The fourth-order valence-electron chi connectivity index (χ4n) is 1.80. The Balaban J connectivity index is 2.55. The molecule has 0 unspecified atom stereocenters. The minimum Gasteiger partial charge on any atom is -0.456 e. The van der Waals surface area contributed by atoms with Gasteiger partial charge in [0.1, 0.15) is 5.60 Å². The highest BCUT2D eigenvalue weighted by Crippen LogP contribution is 2.24. The van der Waals surface area contributed by atoms with Crippen molar-refractivity contribution in [3.05, 3.63) is 35.5 Å². The van der Waals surface area contributed by atoms with E-state index in [4.69, 9.17) is 4.74 Å². The van der Waals surface area contributed by atoms with E-state index in [1.807, 2.05) is 18.2 Å². The second-order valence-electron chi connectivity index (χ2n) is 5.08. The molecule has 1 heterocycles. The highest BCUT2D eigenvalue weighted by molar-refractivity contribution is 6.10. The Morgan fingerprint density at radius 1 is 1.28 bits per heavy atom. The number of aromatic amines is 1. The normalized spacial score (nSPS) is 11.5. The number of hydrogen-bond donors (Lipinski definition) is 1. The molecular formula is C14H15NO3. The summed E-state index contributed by atoms with van der Waals surface area (Å²) in [6, 6.07) is 7.26. The van der Waals surface area contributed by atoms with E-state index in [0.29, 0.717) is 17.2 Å². The number of carbonyl (C=O) groups is 2. The molecule has 0 aliphatic rings. The number of rotatable bonds is 2. The van der Waals surface area contributed by atoms with Gasteiger partial charge in [0.2, 0.25) is 0 Å². The fourth-order valence-corrected chi connectivity index (χ4v) is 1.80. The Bertz CT molecular complexity index is 605. The van der Waals surface area contributed by atoms with Crippen molar-refractivity contribution in [2.45, 2.75) is 26.4 Å². The second kappa shape index (κ2) is 4.29. The predicted octanol–water partition coefficient (Wildman–Crippen LogP) is 2.94. The Hall–Kier alpha value is -2.10. The van der Waals surface area contributed by atoms with Gasteiger partial charge in [-0.25, -0.2) is 4.79 Å². The average molecular weight is 245 g/mol. The van der Waals surface area contributed by atoms with Gasteiger partial charge in [-0.1, -0.05) is 18.2 Å². The molecule has 1 aromatic carbocycles. The molecule has 0 atom stereocenters. The van der Waals surface area contributed by atoms with Crippen LogP contribution >= 0.6 is 0 Å². The average Bonchev–Trinajstić information content (AvgIpc) is 2.64. The molecule has 4 nitrogen and oxygen atoms in total. The summed E-state index contributed by atoms with van der Waals surface area (Å²) >= 11 is 0. The van der Waals surface area contributed by atoms with E-state index >= 15 is 0 Å². The SMILES string of the molecule is CC(C)(C)OC(=O)c1c(C=O)[nH]c2ccccc12. The van der Waals surface area contributed by atoms with Gasteiger partial charge < -0.3 is 9.72 Å². The summed E-state index contributed by atoms with van der Waals surface area (Å²) in [7, 11) is 0. The molecule has 1 N–H and O–H groups in total. The third-order valence-corrected chi connectivity index (χ3v) is 2.46. The van der Waals surface area contributed by atoms with E-state index in [1.54, 1.807) is 26.8 Å². The van der Waals surface area contributed by atoms with Crippen molar-refractivity contribution in [2.75, 3.05) is 0 Å². The van der Waals surface area contributed by atoms with Crippen LogP contribution < -0.4 is 0 Å². The fraction of sp³-hybridized carbons (Fsp3) is 0.286. The van der Waals surface area contributed by atoms with E-state index in [0.717, 1.165) is 5.52 Å². The largest absolute Gasteiger partial charge is 0.456 e. The Morgan fingerprint density at radius 2 is 1.94 bits per heavy atom. The molecule has 0 saturated carbocycles. The molecule has 94 valence electrons. The van der Waals surface area contributed by atoms with Crippen LogP contribution in [0.1, 0.15) is 41.6 Å². The van der Waals surface area contributed by atoms with E-state index in [1.165, 1.54) is 0 Å². The van der Waals surface area contributed by atoms with Gasteiger partial charge in [-0.05, 0) is 26.8 Å². The lowest BCUT2D eigenvalue weighted by Crippen LogP contribution is -2.24. The number of para-hydroxylation sites is 1. The summed E-state index contributed by atoms with van der Waals surface area (Å²) in [6.45, 7) is 5.38. The number of benzene rings is 1. The third kappa shape index (κ3) is 2.27. The van der Waals surface area contributed by atoms with Crippen LogP contribution in [-0.4, -0.2) is 22.8 Å². The van der Waals surface area contributed by atoms with Crippen LogP contribution in [0, 0.1) is 0 Å². The number of H-pyrrole nitrogens is 1. The van der Waals surface area contributed by atoms with Gasteiger partial charge in [-0.15, -0.1) is 0 Å². The van der Waals surface area contributed by atoms with Crippen LogP contribution in [0.15, 0.2) is 24.3 Å². The highest BCUT2D eigenvalue weighted by Gasteiger charge is 2.23. The minimum absolute atomic E-state index is 0.255. The summed E-state index contributed by atoms with van der Waals surface area (Å²) < 4.78 is 5.31. The number of hydrogen-bond acceptors (Lipinski definition) is 3. The lowest BCUT2D eigenvalue weighted by atomic mass is 10.1. The monoisotopic (exact) mass is 245 g/mol. The van der Waals surface area contributed by atoms with Crippen LogP contribution in [0.25, 0.3) is 10.9 Å². The van der Waals surface area contributed by atoms with Crippen molar-refractivity contribution in [3.8, 4) is 0 Å². The number of nitrogens with one attached hydrogen (secondary N) is 1. The molecule has 0 aliphatic heterocycles. The van der Waals surface area contributed by atoms with E-state index in [9.17, 15) is 9.59 Å². The number of esters is 1. The maximum Gasteiger partial charge on any atom is 0.341 e. The standard InChI is InChI=1S/C14H15NO3/c1-14(2,3)18-13(17)12-9-6-4-5-7-10(9)15-11(12)8-16/h4-8,15H,1-3H3. The lowest BCUT2D eigenvalue weighted by molar-refractivity contribution is 0.00706. The van der Waals surface area contributed by atoms with E-state index < -0.39 is 11.6 Å². The summed E-state index contributed by atoms with van der Waals surface area (Å²) in [6.07, 6.45) is 0.638. The zero-order valence-electron chi connectivity index (χ0n) is 10.6. The maximum atomic E-state index is 12.1. The lowest BCUT2D eigenvalue weighted by Gasteiger charge is -2.19. The summed E-state index contributed by atoms with van der Waals surface area (Å²) in [4.78, 5) is 26.1. The molecule has 0 spiro atoms. The first-order valence-corrected chi connectivity index (χ1v) is 5.71. The highest BCUT2D eigenvalue weighted by atomic mass is 16.6. The van der Waals surface area contributed by atoms with Gasteiger partial charge in [0.05, 0.1) is 11.3 Å². The number of aldehydes is 1.